The largest absolute Gasteiger partial charge is 0.389 e. The summed E-state index contributed by atoms with van der Waals surface area (Å²) in [5, 5.41) is 2.78. The van der Waals surface area contributed by atoms with Crippen molar-refractivity contribution in [1.29, 1.82) is 0 Å². The molecule has 0 aromatic carbocycles. The summed E-state index contributed by atoms with van der Waals surface area (Å²) in [5.74, 6) is 0.339. The number of nitrogens with one attached hydrogen (secondary N) is 1. The quantitative estimate of drug-likeness (QED) is 0.810. The van der Waals surface area contributed by atoms with Crippen LogP contribution in [0.2, 0.25) is 5.02 Å². The molecule has 0 amide bonds. The molecular weight excluding hydrogens is 245 g/mol. The molecule has 0 aliphatic carbocycles. The van der Waals surface area contributed by atoms with E-state index in [-0.39, 0.29) is 29.6 Å². The van der Waals surface area contributed by atoms with E-state index in [2.05, 4.69) is 15.3 Å². The van der Waals surface area contributed by atoms with Crippen molar-refractivity contribution in [3.8, 4) is 0 Å². The Bertz CT molecular complexity index is 356. The summed E-state index contributed by atoms with van der Waals surface area (Å²) in [6.07, 6.45) is -3.86. The van der Waals surface area contributed by atoms with Crippen LogP contribution < -0.4 is 11.1 Å². The lowest BCUT2D eigenvalue weighted by Crippen LogP contribution is -2.12. The lowest BCUT2D eigenvalue weighted by Gasteiger charge is -2.09. The van der Waals surface area contributed by atoms with Crippen molar-refractivity contribution in [3.63, 3.8) is 0 Å². The predicted molar refractivity (Wildman–Crippen MR) is 55.2 cm³/mol. The van der Waals surface area contributed by atoms with Crippen molar-refractivity contribution < 1.29 is 13.2 Å². The average molecular weight is 255 g/mol. The molecule has 3 N–H and O–H groups in total. The normalized spacial score (nSPS) is 11.5. The zero-order valence-electron chi connectivity index (χ0n) is 8.18. The minimum Gasteiger partial charge on any atom is -0.382 e. The van der Waals surface area contributed by atoms with Gasteiger partial charge in [0.25, 0.3) is 0 Å². The molecule has 0 saturated carbocycles. The van der Waals surface area contributed by atoms with Gasteiger partial charge in [-0.3, -0.25) is 0 Å². The molecule has 0 aliphatic rings. The molecule has 4 nitrogen and oxygen atoms in total. The topological polar surface area (TPSA) is 63.8 Å². The van der Waals surface area contributed by atoms with E-state index in [1.807, 2.05) is 0 Å². The van der Waals surface area contributed by atoms with Gasteiger partial charge >= 0.3 is 6.18 Å². The molecule has 0 spiro atoms. The van der Waals surface area contributed by atoms with Crippen LogP contribution in [0.4, 0.5) is 24.8 Å². The first-order valence-corrected chi connectivity index (χ1v) is 4.84. The smallest absolute Gasteiger partial charge is 0.382 e. The SMILES string of the molecule is Nc1ncnc(NCCCC(F)(F)F)c1Cl. The molecule has 90 valence electrons. The Morgan fingerprint density at radius 3 is 2.69 bits per heavy atom. The second kappa shape index (κ2) is 5.20. The van der Waals surface area contributed by atoms with Gasteiger partial charge in [-0.1, -0.05) is 11.6 Å². The Labute approximate surface area is 95.0 Å². The van der Waals surface area contributed by atoms with Gasteiger partial charge in [0.15, 0.2) is 0 Å². The maximum atomic E-state index is 11.8. The molecule has 1 aromatic rings. The lowest BCUT2D eigenvalue weighted by atomic mass is 10.3. The highest BCUT2D eigenvalue weighted by molar-refractivity contribution is 6.35. The van der Waals surface area contributed by atoms with Crippen LogP contribution >= 0.6 is 11.6 Å². The first-order valence-electron chi connectivity index (χ1n) is 4.47. The second-order valence-electron chi connectivity index (χ2n) is 3.07. The second-order valence-corrected chi connectivity index (χ2v) is 3.44. The molecule has 0 saturated heterocycles. The summed E-state index contributed by atoms with van der Waals surface area (Å²) in [6.45, 7) is 0.121. The summed E-state index contributed by atoms with van der Waals surface area (Å²) >= 11 is 5.73. The number of aromatic nitrogens is 2. The van der Waals surface area contributed by atoms with E-state index >= 15 is 0 Å². The number of hydrogen-bond donors (Lipinski definition) is 2. The fourth-order valence-corrected chi connectivity index (χ4v) is 1.17. The van der Waals surface area contributed by atoms with Crippen molar-refractivity contribution in [2.75, 3.05) is 17.6 Å². The van der Waals surface area contributed by atoms with Crippen molar-refractivity contribution in [1.82, 2.24) is 9.97 Å². The zero-order chi connectivity index (χ0) is 12.2. The van der Waals surface area contributed by atoms with Gasteiger partial charge in [-0.05, 0) is 6.42 Å². The van der Waals surface area contributed by atoms with Crippen LogP contribution in [0.3, 0.4) is 0 Å². The zero-order valence-corrected chi connectivity index (χ0v) is 8.94. The highest BCUT2D eigenvalue weighted by atomic mass is 35.5. The van der Waals surface area contributed by atoms with Crippen LogP contribution in [-0.4, -0.2) is 22.7 Å². The fraction of sp³-hybridized carbons (Fsp3) is 0.500. The van der Waals surface area contributed by atoms with Crippen LogP contribution in [0.15, 0.2) is 6.33 Å². The van der Waals surface area contributed by atoms with E-state index in [4.69, 9.17) is 17.3 Å². The molecule has 0 aliphatic heterocycles. The van der Waals surface area contributed by atoms with E-state index in [0.29, 0.717) is 0 Å². The summed E-state index contributed by atoms with van der Waals surface area (Å²) in [7, 11) is 0. The lowest BCUT2D eigenvalue weighted by molar-refractivity contribution is -0.134. The Morgan fingerprint density at radius 2 is 2.06 bits per heavy atom. The third-order valence-electron chi connectivity index (χ3n) is 1.75. The highest BCUT2D eigenvalue weighted by Crippen LogP contribution is 2.24. The van der Waals surface area contributed by atoms with Gasteiger partial charge in [-0.2, -0.15) is 13.2 Å². The number of rotatable bonds is 4. The first kappa shape index (κ1) is 12.8. The summed E-state index contributed by atoms with van der Waals surface area (Å²) < 4.78 is 35.5. The van der Waals surface area contributed by atoms with Gasteiger partial charge in [-0.15, -0.1) is 0 Å². The molecule has 1 rings (SSSR count). The number of nitrogens with zero attached hydrogens (tertiary/aromatic N) is 2. The van der Waals surface area contributed by atoms with Crippen LogP contribution in [-0.2, 0) is 0 Å². The summed E-state index contributed by atoms with van der Waals surface area (Å²) in [6, 6.07) is 0. The number of hydrogen-bond acceptors (Lipinski definition) is 4. The highest BCUT2D eigenvalue weighted by Gasteiger charge is 2.25. The van der Waals surface area contributed by atoms with Crippen LogP contribution in [0.25, 0.3) is 0 Å². The third-order valence-corrected chi connectivity index (χ3v) is 2.12. The summed E-state index contributed by atoms with van der Waals surface area (Å²) in [4.78, 5) is 7.38. The van der Waals surface area contributed by atoms with Gasteiger partial charge in [-0.25, -0.2) is 9.97 Å². The number of nitrogen functional groups attached to an aromatic ring is 1. The minimum absolute atomic E-state index is 0.0518. The van der Waals surface area contributed by atoms with Crippen molar-refractivity contribution >= 4 is 23.2 Å². The Hall–Kier alpha value is -1.24. The monoisotopic (exact) mass is 254 g/mol. The van der Waals surface area contributed by atoms with E-state index in [1.165, 1.54) is 6.33 Å². The molecule has 1 aromatic heterocycles. The van der Waals surface area contributed by atoms with Crippen LogP contribution in [0, 0.1) is 0 Å². The molecule has 8 heteroatoms. The van der Waals surface area contributed by atoms with E-state index < -0.39 is 12.6 Å². The molecule has 1 heterocycles. The Balaban J connectivity index is 2.41. The van der Waals surface area contributed by atoms with Crippen molar-refractivity contribution in [2.24, 2.45) is 0 Å². The van der Waals surface area contributed by atoms with Gasteiger partial charge in [0.2, 0.25) is 0 Å². The van der Waals surface area contributed by atoms with E-state index in [0.717, 1.165) is 0 Å². The molecule has 16 heavy (non-hydrogen) atoms. The molecule has 0 bridgehead atoms. The first-order chi connectivity index (χ1) is 7.40. The van der Waals surface area contributed by atoms with E-state index in [9.17, 15) is 13.2 Å². The number of alkyl halides is 3. The average Bonchev–Trinajstić information content (AvgIpc) is 2.17. The van der Waals surface area contributed by atoms with E-state index in [1.54, 1.807) is 0 Å². The van der Waals surface area contributed by atoms with Gasteiger partial charge in [0.05, 0.1) is 0 Å². The van der Waals surface area contributed by atoms with Crippen molar-refractivity contribution in [2.45, 2.75) is 19.0 Å². The van der Waals surface area contributed by atoms with Gasteiger partial charge in [0, 0.05) is 13.0 Å². The van der Waals surface area contributed by atoms with Crippen molar-refractivity contribution in [3.05, 3.63) is 11.3 Å². The standard InChI is InChI=1S/C8H10ClF3N4/c9-5-6(13)15-4-16-7(5)14-3-1-2-8(10,11)12/h4H,1-3H2,(H3,13,14,15,16). The predicted octanol–water partition coefficient (Wildman–Crippen LogP) is 2.47. The summed E-state index contributed by atoms with van der Waals surface area (Å²) in [5.41, 5.74) is 5.39. The maximum absolute atomic E-state index is 11.8. The number of nitrogens with two attached hydrogens (primary N) is 1. The number of halogens is 4. The van der Waals surface area contributed by atoms with Crippen LogP contribution in [0.1, 0.15) is 12.8 Å². The molecular formula is C8H10ClF3N4. The van der Waals surface area contributed by atoms with Gasteiger partial charge < -0.3 is 11.1 Å². The minimum atomic E-state index is -4.14. The van der Waals surface area contributed by atoms with Crippen LogP contribution in [0.5, 0.6) is 0 Å². The number of anilines is 2. The maximum Gasteiger partial charge on any atom is 0.389 e. The molecule has 0 unspecified atom stereocenters. The fourth-order valence-electron chi connectivity index (χ4n) is 1.00. The third kappa shape index (κ3) is 4.09. The van der Waals surface area contributed by atoms with Gasteiger partial charge in [0.1, 0.15) is 23.0 Å². The Kier molecular flexibility index (Phi) is 4.17. The molecule has 0 fully saturated rings. The molecule has 0 atom stereocenters. The molecule has 0 radical (unpaired) electrons. The Morgan fingerprint density at radius 1 is 1.38 bits per heavy atom.